The molecule has 0 aromatic heterocycles. The molecular formula is C5H12ClN. The van der Waals surface area contributed by atoms with Gasteiger partial charge in [0.25, 0.3) is 0 Å². The molecule has 1 saturated carbocycles. The van der Waals surface area contributed by atoms with Gasteiger partial charge in [-0.15, -0.1) is 12.4 Å². The van der Waals surface area contributed by atoms with Crippen LogP contribution in [0.5, 0.6) is 0 Å². The van der Waals surface area contributed by atoms with E-state index >= 15 is 0 Å². The van der Waals surface area contributed by atoms with Crippen molar-refractivity contribution in [3.05, 3.63) is 0 Å². The average Bonchev–Trinajstić information content (AvgIpc) is 1.33. The molecule has 1 rings (SSSR count). The van der Waals surface area contributed by atoms with Gasteiger partial charge in [0.2, 0.25) is 0 Å². The zero-order valence-corrected chi connectivity index (χ0v) is 5.37. The predicted octanol–water partition coefficient (Wildman–Crippen LogP) is 1.17. The summed E-state index contributed by atoms with van der Waals surface area (Å²) in [7, 11) is 0. The van der Waals surface area contributed by atoms with Crippen LogP contribution in [0.25, 0.3) is 0 Å². The largest absolute Gasteiger partial charge is 0.328 e. The summed E-state index contributed by atoms with van der Waals surface area (Å²) in [6, 6.07) is 0.542. The lowest BCUT2D eigenvalue weighted by Crippen LogP contribution is -2.34. The summed E-state index contributed by atoms with van der Waals surface area (Å²) in [5.41, 5.74) is 5.47. The Labute approximate surface area is 50.7 Å². The standard InChI is InChI=1S/C5H11N.ClH/c1-4-2-5(6)3-4;/h4-5H,2-3,6H2,1H3;1H. The third kappa shape index (κ3) is 1.66. The van der Waals surface area contributed by atoms with Crippen LogP contribution in [-0.2, 0) is 0 Å². The Bertz CT molecular complexity index is 44.0. The summed E-state index contributed by atoms with van der Waals surface area (Å²) >= 11 is 0. The molecular weight excluding hydrogens is 110 g/mol. The molecule has 2 N–H and O–H groups in total. The van der Waals surface area contributed by atoms with Crippen molar-refractivity contribution >= 4 is 12.4 Å². The van der Waals surface area contributed by atoms with Crippen LogP contribution in [0.15, 0.2) is 0 Å². The Hall–Kier alpha value is 0.250. The Kier molecular flexibility index (Phi) is 2.62. The zero-order chi connectivity index (χ0) is 4.57. The van der Waals surface area contributed by atoms with Gasteiger partial charge in [-0.05, 0) is 18.8 Å². The first kappa shape index (κ1) is 7.25. The molecule has 2 heteroatoms. The zero-order valence-electron chi connectivity index (χ0n) is 4.55. The summed E-state index contributed by atoms with van der Waals surface area (Å²) < 4.78 is 0. The Morgan fingerprint density at radius 2 is 1.86 bits per heavy atom. The molecule has 0 heterocycles. The van der Waals surface area contributed by atoms with Crippen LogP contribution in [0.3, 0.4) is 0 Å². The molecule has 1 nitrogen and oxygen atoms in total. The summed E-state index contributed by atoms with van der Waals surface area (Å²) in [6.45, 7) is 2.24. The van der Waals surface area contributed by atoms with Crippen molar-refractivity contribution in [1.82, 2.24) is 0 Å². The topological polar surface area (TPSA) is 26.0 Å². The summed E-state index contributed by atoms with van der Waals surface area (Å²) in [4.78, 5) is 0. The van der Waals surface area contributed by atoms with E-state index < -0.39 is 0 Å². The van der Waals surface area contributed by atoms with Gasteiger partial charge < -0.3 is 5.73 Å². The third-order valence-electron chi connectivity index (χ3n) is 1.41. The van der Waals surface area contributed by atoms with Crippen molar-refractivity contribution in [3.63, 3.8) is 0 Å². The second-order valence-electron chi connectivity index (χ2n) is 2.34. The highest BCUT2D eigenvalue weighted by Crippen LogP contribution is 2.23. The Morgan fingerprint density at radius 1 is 1.43 bits per heavy atom. The molecule has 1 fully saturated rings. The third-order valence-corrected chi connectivity index (χ3v) is 1.41. The van der Waals surface area contributed by atoms with Gasteiger partial charge in [-0.2, -0.15) is 0 Å². The molecule has 0 aliphatic heterocycles. The van der Waals surface area contributed by atoms with Crippen LogP contribution in [0.1, 0.15) is 19.8 Å². The predicted molar refractivity (Wildman–Crippen MR) is 33.6 cm³/mol. The maximum absolute atomic E-state index is 5.47. The van der Waals surface area contributed by atoms with E-state index in [9.17, 15) is 0 Å². The van der Waals surface area contributed by atoms with E-state index in [0.29, 0.717) is 6.04 Å². The van der Waals surface area contributed by atoms with Crippen molar-refractivity contribution in [1.29, 1.82) is 0 Å². The number of halogens is 1. The molecule has 0 aromatic carbocycles. The highest BCUT2D eigenvalue weighted by Gasteiger charge is 2.20. The number of rotatable bonds is 0. The second kappa shape index (κ2) is 2.53. The van der Waals surface area contributed by atoms with Crippen LogP contribution in [0.2, 0.25) is 0 Å². The van der Waals surface area contributed by atoms with Crippen LogP contribution in [-0.4, -0.2) is 6.04 Å². The minimum absolute atomic E-state index is 0. The molecule has 0 bridgehead atoms. The summed E-state index contributed by atoms with van der Waals surface area (Å²) in [5, 5.41) is 0. The quantitative estimate of drug-likeness (QED) is 0.512. The van der Waals surface area contributed by atoms with Crippen molar-refractivity contribution in [3.8, 4) is 0 Å². The maximum atomic E-state index is 5.47. The highest BCUT2D eigenvalue weighted by atomic mass is 35.5. The number of hydrogen-bond acceptors (Lipinski definition) is 1. The van der Waals surface area contributed by atoms with Gasteiger partial charge >= 0.3 is 0 Å². The minimum atomic E-state index is 0. The van der Waals surface area contributed by atoms with Gasteiger partial charge in [-0.3, -0.25) is 0 Å². The van der Waals surface area contributed by atoms with E-state index in [4.69, 9.17) is 5.73 Å². The molecule has 0 aromatic rings. The molecule has 0 amide bonds. The van der Waals surface area contributed by atoms with E-state index in [1.807, 2.05) is 0 Å². The lowest BCUT2D eigenvalue weighted by atomic mass is 9.83. The van der Waals surface area contributed by atoms with E-state index in [1.54, 1.807) is 0 Å². The van der Waals surface area contributed by atoms with Crippen LogP contribution >= 0.6 is 12.4 Å². The van der Waals surface area contributed by atoms with Gasteiger partial charge in [-0.25, -0.2) is 0 Å². The first-order valence-corrected chi connectivity index (χ1v) is 2.54. The first-order valence-electron chi connectivity index (χ1n) is 2.54. The summed E-state index contributed by atoms with van der Waals surface area (Å²) in [5.74, 6) is 0.917. The second-order valence-corrected chi connectivity index (χ2v) is 2.34. The van der Waals surface area contributed by atoms with E-state index in [1.165, 1.54) is 12.8 Å². The average molecular weight is 122 g/mol. The molecule has 7 heavy (non-hydrogen) atoms. The highest BCUT2D eigenvalue weighted by molar-refractivity contribution is 5.85. The fraction of sp³-hybridized carbons (Fsp3) is 1.00. The van der Waals surface area contributed by atoms with E-state index in [2.05, 4.69) is 6.92 Å². The fourth-order valence-electron chi connectivity index (χ4n) is 0.965. The Balaban J connectivity index is 0.000000360. The van der Waals surface area contributed by atoms with Crippen molar-refractivity contribution in [2.45, 2.75) is 25.8 Å². The molecule has 0 saturated heterocycles. The van der Waals surface area contributed by atoms with Crippen molar-refractivity contribution < 1.29 is 0 Å². The SMILES string of the molecule is CC1CC(N)C1.Cl. The lowest BCUT2D eigenvalue weighted by Gasteiger charge is -2.28. The normalized spacial score (nSPS) is 38.6. The molecule has 0 radical (unpaired) electrons. The van der Waals surface area contributed by atoms with Crippen molar-refractivity contribution in [2.75, 3.05) is 0 Å². The van der Waals surface area contributed by atoms with E-state index in [-0.39, 0.29) is 12.4 Å². The number of hydrogen-bond donors (Lipinski definition) is 1. The molecule has 1 aliphatic carbocycles. The van der Waals surface area contributed by atoms with Crippen molar-refractivity contribution in [2.24, 2.45) is 11.7 Å². The molecule has 1 aliphatic rings. The van der Waals surface area contributed by atoms with Gasteiger partial charge in [0, 0.05) is 6.04 Å². The monoisotopic (exact) mass is 121 g/mol. The maximum Gasteiger partial charge on any atom is 0.00439 e. The van der Waals surface area contributed by atoms with Gasteiger partial charge in [0.15, 0.2) is 0 Å². The fourth-order valence-corrected chi connectivity index (χ4v) is 0.965. The van der Waals surface area contributed by atoms with Crippen LogP contribution in [0, 0.1) is 5.92 Å². The van der Waals surface area contributed by atoms with Gasteiger partial charge in [0.05, 0.1) is 0 Å². The molecule has 0 atom stereocenters. The van der Waals surface area contributed by atoms with Crippen LogP contribution in [0.4, 0.5) is 0 Å². The van der Waals surface area contributed by atoms with E-state index in [0.717, 1.165) is 5.92 Å². The molecule has 0 spiro atoms. The van der Waals surface area contributed by atoms with Crippen LogP contribution < -0.4 is 5.73 Å². The van der Waals surface area contributed by atoms with Gasteiger partial charge in [0.1, 0.15) is 0 Å². The lowest BCUT2D eigenvalue weighted by molar-refractivity contribution is 0.290. The molecule has 44 valence electrons. The molecule has 0 unspecified atom stereocenters. The smallest absolute Gasteiger partial charge is 0.00439 e. The Morgan fingerprint density at radius 3 is 1.86 bits per heavy atom. The first-order chi connectivity index (χ1) is 2.79. The summed E-state index contributed by atoms with van der Waals surface area (Å²) in [6.07, 6.45) is 2.50. The number of nitrogens with two attached hydrogens (primary N) is 1. The van der Waals surface area contributed by atoms with Gasteiger partial charge in [-0.1, -0.05) is 6.92 Å². The minimum Gasteiger partial charge on any atom is -0.328 e.